The van der Waals surface area contributed by atoms with Crippen molar-refractivity contribution >= 4 is 16.9 Å². The molecule has 176 valence electrons. The molecule has 2 atom stereocenters. The number of nitrogens with zero attached hydrogens (tertiary/aromatic N) is 2. The van der Waals surface area contributed by atoms with E-state index in [-0.39, 0.29) is 24.2 Å². The summed E-state index contributed by atoms with van der Waals surface area (Å²) in [5.41, 5.74) is 2.82. The van der Waals surface area contributed by atoms with E-state index in [1.54, 1.807) is 24.4 Å². The second-order valence-corrected chi connectivity index (χ2v) is 8.70. The number of hydrogen-bond donors (Lipinski definition) is 1. The lowest BCUT2D eigenvalue weighted by atomic mass is 9.98. The van der Waals surface area contributed by atoms with Crippen molar-refractivity contribution in [1.29, 1.82) is 0 Å². The quantitative estimate of drug-likeness (QED) is 0.392. The second-order valence-electron chi connectivity index (χ2n) is 8.70. The van der Waals surface area contributed by atoms with Crippen LogP contribution in [-0.2, 0) is 11.2 Å². The normalized spacial score (nSPS) is 18.1. The number of rotatable bonds is 6. The Morgan fingerprint density at radius 2 is 2.06 bits per heavy atom. The van der Waals surface area contributed by atoms with Crippen molar-refractivity contribution in [2.75, 3.05) is 6.61 Å². The van der Waals surface area contributed by atoms with E-state index in [1.165, 1.54) is 6.07 Å². The maximum absolute atomic E-state index is 14.9. The lowest BCUT2D eigenvalue weighted by molar-refractivity contribution is -0.137. The fourth-order valence-electron chi connectivity index (χ4n) is 4.83. The standard InChI is InChI=1S/C27H21FN2O5/c28-20-8-10-22(35-27-29-13-15-3-1-2-4-21(15)30-27)19-7-9-23(26(19)20)34-17-5-6-18-16(11-25(31)32)14-33-24(18)12-17/h1-6,8,10,12-13,16,23H,7,9,11,14H2,(H,31,32). The van der Waals surface area contributed by atoms with Gasteiger partial charge < -0.3 is 19.3 Å². The predicted molar refractivity (Wildman–Crippen MR) is 125 cm³/mol. The van der Waals surface area contributed by atoms with Crippen LogP contribution in [0.1, 0.15) is 41.6 Å². The Morgan fingerprint density at radius 3 is 2.94 bits per heavy atom. The van der Waals surface area contributed by atoms with Gasteiger partial charge in [0, 0.05) is 40.3 Å². The molecule has 2 unspecified atom stereocenters. The van der Waals surface area contributed by atoms with Crippen molar-refractivity contribution in [2.24, 2.45) is 0 Å². The first-order valence-corrected chi connectivity index (χ1v) is 11.4. The molecule has 1 aliphatic heterocycles. The Morgan fingerprint density at radius 1 is 1.17 bits per heavy atom. The summed E-state index contributed by atoms with van der Waals surface area (Å²) >= 11 is 0. The summed E-state index contributed by atoms with van der Waals surface area (Å²) in [4.78, 5) is 19.8. The van der Waals surface area contributed by atoms with E-state index in [0.29, 0.717) is 42.3 Å². The van der Waals surface area contributed by atoms with E-state index in [4.69, 9.17) is 19.3 Å². The van der Waals surface area contributed by atoms with Gasteiger partial charge in [0.1, 0.15) is 29.2 Å². The van der Waals surface area contributed by atoms with Gasteiger partial charge in [0.2, 0.25) is 0 Å². The maximum Gasteiger partial charge on any atom is 0.322 e. The van der Waals surface area contributed by atoms with E-state index in [9.17, 15) is 9.18 Å². The molecule has 8 heteroatoms. The zero-order valence-corrected chi connectivity index (χ0v) is 18.6. The van der Waals surface area contributed by atoms with Crippen molar-refractivity contribution < 1.29 is 28.5 Å². The first-order valence-electron chi connectivity index (χ1n) is 11.4. The van der Waals surface area contributed by atoms with Crippen LogP contribution in [-0.4, -0.2) is 27.7 Å². The molecule has 0 bridgehead atoms. The number of aliphatic carboxylic acids is 1. The van der Waals surface area contributed by atoms with Gasteiger partial charge in [0.15, 0.2) is 0 Å². The van der Waals surface area contributed by atoms with Crippen LogP contribution in [0.4, 0.5) is 4.39 Å². The highest BCUT2D eigenvalue weighted by molar-refractivity contribution is 5.77. The lowest BCUT2D eigenvalue weighted by Gasteiger charge is -2.17. The van der Waals surface area contributed by atoms with Crippen molar-refractivity contribution in [3.05, 3.63) is 83.3 Å². The largest absolute Gasteiger partial charge is 0.492 e. The summed E-state index contributed by atoms with van der Waals surface area (Å²) in [5.74, 6) is 0.263. The molecule has 1 aromatic heterocycles. The molecule has 0 radical (unpaired) electrons. The molecular weight excluding hydrogens is 451 g/mol. The van der Waals surface area contributed by atoms with Crippen molar-refractivity contribution in [2.45, 2.75) is 31.3 Å². The summed E-state index contributed by atoms with van der Waals surface area (Å²) in [7, 11) is 0. The molecule has 0 amide bonds. The lowest BCUT2D eigenvalue weighted by Crippen LogP contribution is -2.07. The van der Waals surface area contributed by atoms with Crippen LogP contribution in [0.2, 0.25) is 0 Å². The number of fused-ring (bicyclic) bond motifs is 3. The Labute approximate surface area is 200 Å². The molecule has 2 aliphatic rings. The summed E-state index contributed by atoms with van der Waals surface area (Å²) in [6.07, 6.45) is 2.40. The fraction of sp³-hybridized carbons (Fsp3) is 0.222. The van der Waals surface area contributed by atoms with Gasteiger partial charge in [0.25, 0.3) is 0 Å². The van der Waals surface area contributed by atoms with Crippen LogP contribution in [0.25, 0.3) is 10.9 Å². The van der Waals surface area contributed by atoms with Crippen molar-refractivity contribution in [3.8, 4) is 23.3 Å². The molecule has 6 rings (SSSR count). The van der Waals surface area contributed by atoms with Crippen molar-refractivity contribution in [3.63, 3.8) is 0 Å². The Hall–Kier alpha value is -4.20. The average Bonchev–Trinajstić information content (AvgIpc) is 3.45. The first kappa shape index (κ1) is 21.3. The first-order chi connectivity index (χ1) is 17.0. The van der Waals surface area contributed by atoms with Gasteiger partial charge in [-0.1, -0.05) is 24.3 Å². The number of benzene rings is 3. The fourth-order valence-corrected chi connectivity index (χ4v) is 4.83. The predicted octanol–water partition coefficient (Wildman–Crippen LogP) is 5.58. The van der Waals surface area contributed by atoms with Gasteiger partial charge in [-0.15, -0.1) is 0 Å². The molecule has 0 saturated carbocycles. The van der Waals surface area contributed by atoms with Gasteiger partial charge >= 0.3 is 12.0 Å². The van der Waals surface area contributed by atoms with E-state index in [0.717, 1.165) is 22.0 Å². The number of carboxylic acid groups (broad SMARTS) is 1. The highest BCUT2D eigenvalue weighted by Crippen LogP contribution is 2.44. The Bertz CT molecular complexity index is 1460. The maximum atomic E-state index is 14.9. The number of para-hydroxylation sites is 1. The van der Waals surface area contributed by atoms with E-state index < -0.39 is 12.1 Å². The molecule has 0 fully saturated rings. The number of carboxylic acids is 1. The Balaban J connectivity index is 1.24. The van der Waals surface area contributed by atoms with Gasteiger partial charge in [-0.05, 0) is 37.1 Å². The smallest absolute Gasteiger partial charge is 0.322 e. The van der Waals surface area contributed by atoms with E-state index in [2.05, 4.69) is 9.97 Å². The third-order valence-corrected chi connectivity index (χ3v) is 6.47. The zero-order valence-electron chi connectivity index (χ0n) is 18.6. The van der Waals surface area contributed by atoms with Crippen molar-refractivity contribution in [1.82, 2.24) is 9.97 Å². The third kappa shape index (κ3) is 4.01. The van der Waals surface area contributed by atoms with Gasteiger partial charge in [-0.3, -0.25) is 4.79 Å². The van der Waals surface area contributed by atoms with Crippen LogP contribution in [0.15, 0.2) is 60.8 Å². The van der Waals surface area contributed by atoms with Gasteiger partial charge in [0.05, 0.1) is 18.5 Å². The van der Waals surface area contributed by atoms with Crippen LogP contribution in [0, 0.1) is 5.82 Å². The molecule has 1 N–H and O–H groups in total. The molecule has 7 nitrogen and oxygen atoms in total. The highest BCUT2D eigenvalue weighted by Gasteiger charge is 2.32. The van der Waals surface area contributed by atoms with Crippen LogP contribution < -0.4 is 14.2 Å². The van der Waals surface area contributed by atoms with E-state index in [1.807, 2.05) is 30.3 Å². The summed E-state index contributed by atoms with van der Waals surface area (Å²) in [5, 5.41) is 10.00. The van der Waals surface area contributed by atoms with Gasteiger partial charge in [-0.2, -0.15) is 4.98 Å². The van der Waals surface area contributed by atoms with Crippen LogP contribution in [0.3, 0.4) is 0 Å². The summed E-state index contributed by atoms with van der Waals surface area (Å²) in [6, 6.07) is 16.1. The molecule has 3 aromatic carbocycles. The molecule has 0 saturated heterocycles. The Kier molecular flexibility index (Phi) is 5.21. The highest BCUT2D eigenvalue weighted by atomic mass is 19.1. The molecule has 4 aromatic rings. The average molecular weight is 472 g/mol. The van der Waals surface area contributed by atoms with E-state index >= 15 is 0 Å². The zero-order chi connectivity index (χ0) is 23.9. The number of halogens is 1. The van der Waals surface area contributed by atoms with Crippen LogP contribution >= 0.6 is 0 Å². The summed E-state index contributed by atoms with van der Waals surface area (Å²) in [6.45, 7) is 0.323. The van der Waals surface area contributed by atoms with Crippen LogP contribution in [0.5, 0.6) is 23.3 Å². The third-order valence-electron chi connectivity index (χ3n) is 6.47. The molecule has 1 aliphatic carbocycles. The minimum absolute atomic E-state index is 0.0120. The SMILES string of the molecule is O=C(O)CC1COc2cc(OC3CCc4c(Oc5ncc6ccccc6n5)ccc(F)c43)ccc21. The molecule has 2 heterocycles. The molecular formula is C27H21FN2O5. The topological polar surface area (TPSA) is 90.8 Å². The minimum Gasteiger partial charge on any atom is -0.492 e. The second kappa shape index (κ2) is 8.54. The number of ether oxygens (including phenoxy) is 3. The number of carbonyl (C=O) groups is 1. The molecule has 0 spiro atoms. The van der Waals surface area contributed by atoms with Gasteiger partial charge in [-0.25, -0.2) is 9.37 Å². The number of aromatic nitrogens is 2. The monoisotopic (exact) mass is 472 g/mol. The minimum atomic E-state index is -0.864. The summed E-state index contributed by atoms with van der Waals surface area (Å²) < 4.78 is 32.7. The molecule has 35 heavy (non-hydrogen) atoms. The number of hydrogen-bond acceptors (Lipinski definition) is 6.